The van der Waals surface area contributed by atoms with Gasteiger partial charge in [-0.2, -0.15) is 0 Å². The van der Waals surface area contributed by atoms with Gasteiger partial charge in [0.1, 0.15) is 18.1 Å². The number of nitrogens with zero attached hydrogens (tertiary/aromatic N) is 1. The zero-order chi connectivity index (χ0) is 28.0. The average Bonchev–Trinajstić information content (AvgIpc) is 3.52. The van der Waals surface area contributed by atoms with E-state index in [-0.39, 0.29) is 31.7 Å². The van der Waals surface area contributed by atoms with E-state index in [2.05, 4.69) is 15.6 Å². The van der Waals surface area contributed by atoms with Crippen LogP contribution in [0.25, 0.3) is 10.9 Å². The van der Waals surface area contributed by atoms with Crippen molar-refractivity contribution in [2.45, 2.75) is 70.1 Å². The number of rotatable bonds is 12. The smallest absolute Gasteiger partial charge is 0.326 e. The molecule has 4 atom stereocenters. The Morgan fingerprint density at radius 3 is 2.50 bits per heavy atom. The van der Waals surface area contributed by atoms with Crippen molar-refractivity contribution in [1.82, 2.24) is 20.5 Å². The lowest BCUT2D eigenvalue weighted by Crippen LogP contribution is -2.57. The SMILES string of the molecule is CC(C)C(N)C(=O)NC(Cc1c[nH]c2ccccc12)C(=O)N1CCCC1C(=O)NC(CCC(N)=O)C(=O)O. The van der Waals surface area contributed by atoms with Gasteiger partial charge in [0.05, 0.1) is 6.04 Å². The number of para-hydroxylation sites is 1. The van der Waals surface area contributed by atoms with Gasteiger partial charge >= 0.3 is 5.97 Å². The first kappa shape index (κ1) is 28.6. The quantitative estimate of drug-likeness (QED) is 0.222. The molecule has 0 aliphatic carbocycles. The van der Waals surface area contributed by atoms with E-state index in [1.807, 2.05) is 24.3 Å². The highest BCUT2D eigenvalue weighted by Gasteiger charge is 2.39. The van der Waals surface area contributed by atoms with E-state index >= 15 is 0 Å². The molecule has 2 heterocycles. The maximum Gasteiger partial charge on any atom is 0.326 e. The van der Waals surface area contributed by atoms with Crippen LogP contribution in [-0.4, -0.2) is 75.3 Å². The van der Waals surface area contributed by atoms with Crippen molar-refractivity contribution in [2.75, 3.05) is 6.54 Å². The highest BCUT2D eigenvalue weighted by molar-refractivity contribution is 5.95. The molecule has 38 heavy (non-hydrogen) atoms. The normalized spacial score (nSPS) is 17.7. The number of amides is 4. The molecule has 2 aromatic rings. The Balaban J connectivity index is 1.82. The molecule has 1 fully saturated rings. The topological polar surface area (TPSA) is 201 Å². The molecule has 206 valence electrons. The van der Waals surface area contributed by atoms with Gasteiger partial charge in [0, 0.05) is 36.5 Å². The molecule has 1 aromatic carbocycles. The number of hydrogen-bond acceptors (Lipinski definition) is 6. The molecule has 3 rings (SSSR count). The van der Waals surface area contributed by atoms with E-state index in [4.69, 9.17) is 11.5 Å². The molecular formula is C26H36N6O6. The van der Waals surface area contributed by atoms with Crippen LogP contribution in [0.5, 0.6) is 0 Å². The number of benzene rings is 1. The summed E-state index contributed by atoms with van der Waals surface area (Å²) in [4.78, 5) is 66.9. The second kappa shape index (κ2) is 12.5. The maximum absolute atomic E-state index is 13.8. The van der Waals surface area contributed by atoms with Crippen LogP contribution in [0, 0.1) is 5.92 Å². The number of nitrogens with one attached hydrogen (secondary N) is 3. The molecule has 1 aliphatic heterocycles. The zero-order valence-electron chi connectivity index (χ0n) is 21.6. The van der Waals surface area contributed by atoms with Gasteiger partial charge in [0.2, 0.25) is 23.6 Å². The summed E-state index contributed by atoms with van der Waals surface area (Å²) in [5.74, 6) is -3.71. The second-order valence-electron chi connectivity index (χ2n) is 9.99. The van der Waals surface area contributed by atoms with Gasteiger partial charge in [-0.05, 0) is 36.8 Å². The number of primary amides is 1. The number of carboxylic acids is 1. The van der Waals surface area contributed by atoms with Gasteiger partial charge < -0.3 is 37.1 Å². The van der Waals surface area contributed by atoms with Gasteiger partial charge in [-0.25, -0.2) is 4.79 Å². The van der Waals surface area contributed by atoms with E-state index in [1.165, 1.54) is 4.90 Å². The van der Waals surface area contributed by atoms with Crippen molar-refractivity contribution < 1.29 is 29.1 Å². The lowest BCUT2D eigenvalue weighted by Gasteiger charge is -2.30. The lowest BCUT2D eigenvalue weighted by atomic mass is 10.0. The average molecular weight is 529 g/mol. The molecule has 0 saturated carbocycles. The molecule has 4 unspecified atom stereocenters. The van der Waals surface area contributed by atoms with Gasteiger partial charge in [0.15, 0.2) is 0 Å². The van der Waals surface area contributed by atoms with Crippen molar-refractivity contribution >= 4 is 40.5 Å². The Kier molecular flexibility index (Phi) is 9.45. The van der Waals surface area contributed by atoms with Crippen LogP contribution in [0.2, 0.25) is 0 Å². The van der Waals surface area contributed by atoms with E-state index in [1.54, 1.807) is 20.0 Å². The van der Waals surface area contributed by atoms with Crippen molar-refractivity contribution in [3.05, 3.63) is 36.0 Å². The minimum atomic E-state index is -1.32. The molecule has 1 aromatic heterocycles. The van der Waals surface area contributed by atoms with Gasteiger partial charge in [-0.1, -0.05) is 32.0 Å². The molecule has 0 radical (unpaired) electrons. The number of aromatic nitrogens is 1. The van der Waals surface area contributed by atoms with Crippen LogP contribution < -0.4 is 22.1 Å². The molecule has 4 amide bonds. The highest BCUT2D eigenvalue weighted by atomic mass is 16.4. The van der Waals surface area contributed by atoms with E-state index in [0.29, 0.717) is 12.8 Å². The Hall–Kier alpha value is -3.93. The summed E-state index contributed by atoms with van der Waals surface area (Å²) in [7, 11) is 0. The summed E-state index contributed by atoms with van der Waals surface area (Å²) in [6, 6.07) is 3.52. The highest BCUT2D eigenvalue weighted by Crippen LogP contribution is 2.23. The van der Waals surface area contributed by atoms with Gasteiger partial charge in [-0.15, -0.1) is 0 Å². The fraction of sp³-hybridized carbons (Fsp3) is 0.500. The zero-order valence-corrected chi connectivity index (χ0v) is 21.6. The minimum absolute atomic E-state index is 0.155. The molecule has 12 nitrogen and oxygen atoms in total. The summed E-state index contributed by atoms with van der Waals surface area (Å²) in [6.45, 7) is 3.88. The standard InChI is InChI=1S/C26H36N6O6/c1-14(2)22(28)24(35)31-19(12-15-13-29-17-7-4-3-6-16(15)17)25(36)32-11-5-8-20(32)23(34)30-18(26(37)38)9-10-21(27)33/h3-4,6-7,13-14,18-20,22,29H,5,8-12,28H2,1-2H3,(H2,27,33)(H,30,34)(H,31,35)(H,37,38). The summed E-state index contributed by atoms with van der Waals surface area (Å²) in [5, 5.41) is 15.6. The number of carbonyl (C=O) groups excluding carboxylic acids is 4. The number of carboxylic acid groups (broad SMARTS) is 1. The number of aliphatic carboxylic acids is 1. The monoisotopic (exact) mass is 528 g/mol. The molecule has 1 saturated heterocycles. The van der Waals surface area contributed by atoms with E-state index < -0.39 is 53.8 Å². The predicted molar refractivity (Wildman–Crippen MR) is 139 cm³/mol. The van der Waals surface area contributed by atoms with Crippen molar-refractivity contribution in [3.8, 4) is 0 Å². The van der Waals surface area contributed by atoms with Crippen LogP contribution in [0.4, 0.5) is 0 Å². The van der Waals surface area contributed by atoms with Crippen LogP contribution in [0.15, 0.2) is 30.5 Å². The van der Waals surface area contributed by atoms with E-state index in [0.717, 1.165) is 16.5 Å². The Labute approximate surface area is 220 Å². The number of nitrogens with two attached hydrogens (primary N) is 2. The first-order valence-corrected chi connectivity index (χ1v) is 12.7. The third-order valence-electron chi connectivity index (χ3n) is 6.87. The third-order valence-corrected chi connectivity index (χ3v) is 6.87. The summed E-state index contributed by atoms with van der Waals surface area (Å²) < 4.78 is 0. The fourth-order valence-electron chi connectivity index (χ4n) is 4.61. The Morgan fingerprint density at radius 2 is 1.84 bits per heavy atom. The molecule has 1 aliphatic rings. The molecule has 12 heteroatoms. The summed E-state index contributed by atoms with van der Waals surface area (Å²) in [5.41, 5.74) is 12.9. The third kappa shape index (κ3) is 6.88. The molecule has 0 spiro atoms. The number of carbonyl (C=O) groups is 5. The summed E-state index contributed by atoms with van der Waals surface area (Å²) in [6.07, 6.45) is 2.44. The van der Waals surface area contributed by atoms with E-state index in [9.17, 15) is 29.1 Å². The lowest BCUT2D eigenvalue weighted by molar-refractivity contribution is -0.145. The molecular weight excluding hydrogens is 492 g/mol. The van der Waals surface area contributed by atoms with Gasteiger partial charge in [-0.3, -0.25) is 19.2 Å². The second-order valence-corrected chi connectivity index (χ2v) is 9.99. The van der Waals surface area contributed by atoms with Crippen LogP contribution in [0.3, 0.4) is 0 Å². The van der Waals surface area contributed by atoms with Crippen molar-refractivity contribution in [2.24, 2.45) is 17.4 Å². The molecule has 8 N–H and O–H groups in total. The minimum Gasteiger partial charge on any atom is -0.480 e. The summed E-state index contributed by atoms with van der Waals surface area (Å²) >= 11 is 0. The first-order valence-electron chi connectivity index (χ1n) is 12.7. The number of fused-ring (bicyclic) bond motifs is 1. The Bertz CT molecular complexity index is 1190. The van der Waals surface area contributed by atoms with Crippen LogP contribution >= 0.6 is 0 Å². The first-order chi connectivity index (χ1) is 18.0. The van der Waals surface area contributed by atoms with Gasteiger partial charge in [0.25, 0.3) is 0 Å². The number of likely N-dealkylation sites (tertiary alicyclic amines) is 1. The number of H-pyrrole nitrogens is 1. The largest absolute Gasteiger partial charge is 0.480 e. The number of hydrogen-bond donors (Lipinski definition) is 6. The predicted octanol–water partition coefficient (Wildman–Crippen LogP) is 0.00440. The molecule has 0 bridgehead atoms. The number of aromatic amines is 1. The maximum atomic E-state index is 13.8. The fourth-order valence-corrected chi connectivity index (χ4v) is 4.61. The van der Waals surface area contributed by atoms with Crippen LogP contribution in [0.1, 0.15) is 45.1 Å². The van der Waals surface area contributed by atoms with Crippen LogP contribution in [-0.2, 0) is 30.4 Å². The van der Waals surface area contributed by atoms with Crippen molar-refractivity contribution in [1.29, 1.82) is 0 Å². The Morgan fingerprint density at radius 1 is 1.13 bits per heavy atom. The van der Waals surface area contributed by atoms with Crippen molar-refractivity contribution in [3.63, 3.8) is 0 Å².